The van der Waals surface area contributed by atoms with Crippen molar-refractivity contribution in [2.45, 2.75) is 23.5 Å². The van der Waals surface area contributed by atoms with Crippen molar-refractivity contribution in [1.82, 2.24) is 0 Å². The molecule has 3 atom stereocenters. The molecule has 1 aliphatic heterocycles. The predicted molar refractivity (Wildman–Crippen MR) is 74.6 cm³/mol. The molecular weight excluding hydrogens is 260 g/mol. The van der Waals surface area contributed by atoms with E-state index < -0.39 is 6.10 Å². The first kappa shape index (κ1) is 12.6. The van der Waals surface area contributed by atoms with E-state index in [4.69, 9.17) is 11.6 Å². The van der Waals surface area contributed by atoms with Crippen molar-refractivity contribution in [2.24, 2.45) is 0 Å². The summed E-state index contributed by atoms with van der Waals surface area (Å²) in [5.41, 5.74) is 0.930. The summed E-state index contributed by atoms with van der Waals surface area (Å²) in [5, 5.41) is 11.8. The molecule has 0 spiro atoms. The Bertz CT molecular complexity index is 359. The second-order valence-corrected chi connectivity index (χ2v) is 7.12. The third kappa shape index (κ3) is 2.89. The Morgan fingerprint density at radius 1 is 1.38 bits per heavy atom. The van der Waals surface area contributed by atoms with Gasteiger partial charge in [0, 0.05) is 27.0 Å². The van der Waals surface area contributed by atoms with Crippen LogP contribution < -0.4 is 0 Å². The van der Waals surface area contributed by atoms with Gasteiger partial charge in [0.2, 0.25) is 0 Å². The Morgan fingerprint density at radius 2 is 2.12 bits per heavy atom. The van der Waals surface area contributed by atoms with Crippen molar-refractivity contribution in [1.29, 1.82) is 0 Å². The molecule has 1 heterocycles. The summed E-state index contributed by atoms with van der Waals surface area (Å²) in [6.45, 7) is 2.19. The molecule has 88 valence electrons. The average molecular weight is 275 g/mol. The van der Waals surface area contributed by atoms with Crippen LogP contribution in [0.5, 0.6) is 0 Å². The van der Waals surface area contributed by atoms with Crippen LogP contribution in [-0.4, -0.2) is 27.1 Å². The highest BCUT2D eigenvalue weighted by molar-refractivity contribution is 8.07. The standard InChI is InChI=1S/C12H15ClOS2/c1-8-12(16-6-5-15-8)11(14)9-3-2-4-10(13)7-9/h2-4,7-8,11-12,14H,5-6H2,1H3. The Balaban J connectivity index is 2.14. The Labute approximate surface area is 110 Å². The minimum absolute atomic E-state index is 0.275. The smallest absolute Gasteiger partial charge is 0.0919 e. The van der Waals surface area contributed by atoms with E-state index in [0.717, 1.165) is 11.3 Å². The number of hydrogen-bond acceptors (Lipinski definition) is 3. The molecular formula is C12H15ClOS2. The Kier molecular flexibility index (Phi) is 4.48. The van der Waals surface area contributed by atoms with Crippen molar-refractivity contribution >= 4 is 35.1 Å². The largest absolute Gasteiger partial charge is 0.387 e. The van der Waals surface area contributed by atoms with E-state index in [0.29, 0.717) is 10.3 Å². The third-order valence-corrected chi connectivity index (χ3v) is 6.15. The van der Waals surface area contributed by atoms with Crippen LogP contribution >= 0.6 is 35.1 Å². The van der Waals surface area contributed by atoms with E-state index in [1.54, 1.807) is 0 Å². The van der Waals surface area contributed by atoms with E-state index >= 15 is 0 Å². The fourth-order valence-corrected chi connectivity index (χ4v) is 4.91. The topological polar surface area (TPSA) is 20.2 Å². The van der Waals surface area contributed by atoms with Crippen molar-refractivity contribution in [2.75, 3.05) is 11.5 Å². The Morgan fingerprint density at radius 3 is 2.81 bits per heavy atom. The van der Waals surface area contributed by atoms with Crippen LogP contribution in [0.2, 0.25) is 5.02 Å². The SMILES string of the molecule is CC1SCCSC1C(O)c1cccc(Cl)c1. The Hall–Kier alpha value is 0.170. The van der Waals surface area contributed by atoms with Gasteiger partial charge in [0.25, 0.3) is 0 Å². The number of benzene rings is 1. The molecule has 3 unspecified atom stereocenters. The number of thioether (sulfide) groups is 2. The van der Waals surface area contributed by atoms with Gasteiger partial charge < -0.3 is 5.11 Å². The quantitative estimate of drug-likeness (QED) is 0.890. The average Bonchev–Trinajstić information content (AvgIpc) is 2.29. The van der Waals surface area contributed by atoms with E-state index in [1.807, 2.05) is 47.8 Å². The fourth-order valence-electron chi connectivity index (χ4n) is 1.88. The van der Waals surface area contributed by atoms with E-state index in [2.05, 4.69) is 6.92 Å². The lowest BCUT2D eigenvalue weighted by Gasteiger charge is -2.31. The highest BCUT2D eigenvalue weighted by Crippen LogP contribution is 2.38. The van der Waals surface area contributed by atoms with Crippen LogP contribution in [0.25, 0.3) is 0 Å². The molecule has 2 rings (SSSR count). The molecule has 0 radical (unpaired) electrons. The van der Waals surface area contributed by atoms with Crippen LogP contribution in [0.4, 0.5) is 0 Å². The molecule has 1 fully saturated rings. The molecule has 1 aliphatic rings. The zero-order valence-electron chi connectivity index (χ0n) is 9.10. The maximum atomic E-state index is 10.3. The van der Waals surface area contributed by atoms with Crippen molar-refractivity contribution < 1.29 is 5.11 Å². The van der Waals surface area contributed by atoms with Gasteiger partial charge in [0.1, 0.15) is 0 Å². The number of hydrogen-bond donors (Lipinski definition) is 1. The minimum atomic E-state index is -0.411. The summed E-state index contributed by atoms with van der Waals surface area (Å²) in [5.74, 6) is 2.31. The van der Waals surface area contributed by atoms with Gasteiger partial charge in [-0.1, -0.05) is 30.7 Å². The van der Waals surface area contributed by atoms with Gasteiger partial charge in [-0.3, -0.25) is 0 Å². The molecule has 0 aromatic heterocycles. The second kappa shape index (κ2) is 5.67. The predicted octanol–water partition coefficient (Wildman–Crippen LogP) is 3.61. The highest BCUT2D eigenvalue weighted by atomic mass is 35.5. The van der Waals surface area contributed by atoms with Gasteiger partial charge in [0.15, 0.2) is 0 Å². The van der Waals surface area contributed by atoms with Crippen LogP contribution in [0, 0.1) is 0 Å². The van der Waals surface area contributed by atoms with Crippen LogP contribution in [0.15, 0.2) is 24.3 Å². The summed E-state index contributed by atoms with van der Waals surface area (Å²) >= 11 is 9.75. The summed E-state index contributed by atoms with van der Waals surface area (Å²) in [6, 6.07) is 7.54. The molecule has 0 saturated carbocycles. The maximum Gasteiger partial charge on any atom is 0.0919 e. The summed E-state index contributed by atoms with van der Waals surface area (Å²) in [7, 11) is 0. The first-order valence-electron chi connectivity index (χ1n) is 5.35. The number of aliphatic hydroxyl groups excluding tert-OH is 1. The summed E-state index contributed by atoms with van der Waals surface area (Å²) < 4.78 is 0. The number of aliphatic hydroxyl groups is 1. The third-order valence-electron chi connectivity index (χ3n) is 2.74. The minimum Gasteiger partial charge on any atom is -0.387 e. The lowest BCUT2D eigenvalue weighted by atomic mass is 10.0. The van der Waals surface area contributed by atoms with Crippen LogP contribution in [0.1, 0.15) is 18.6 Å². The van der Waals surface area contributed by atoms with E-state index in [9.17, 15) is 5.11 Å². The van der Waals surface area contributed by atoms with Crippen molar-refractivity contribution in [3.63, 3.8) is 0 Å². The molecule has 4 heteroatoms. The lowest BCUT2D eigenvalue weighted by Crippen LogP contribution is -2.29. The highest BCUT2D eigenvalue weighted by Gasteiger charge is 2.30. The van der Waals surface area contributed by atoms with Gasteiger partial charge in [-0.05, 0) is 17.7 Å². The maximum absolute atomic E-state index is 10.3. The van der Waals surface area contributed by atoms with E-state index in [1.165, 1.54) is 5.75 Å². The second-order valence-electron chi connectivity index (χ2n) is 3.91. The van der Waals surface area contributed by atoms with Gasteiger partial charge in [-0.15, -0.1) is 0 Å². The van der Waals surface area contributed by atoms with Crippen LogP contribution in [-0.2, 0) is 0 Å². The molecule has 1 N–H and O–H groups in total. The molecule has 0 bridgehead atoms. The first-order valence-corrected chi connectivity index (χ1v) is 7.83. The summed E-state index contributed by atoms with van der Waals surface area (Å²) in [4.78, 5) is 0. The van der Waals surface area contributed by atoms with Gasteiger partial charge in [-0.25, -0.2) is 0 Å². The molecule has 1 aromatic rings. The first-order chi connectivity index (χ1) is 7.68. The van der Waals surface area contributed by atoms with Crippen molar-refractivity contribution in [3.8, 4) is 0 Å². The molecule has 1 saturated heterocycles. The lowest BCUT2D eigenvalue weighted by molar-refractivity contribution is 0.174. The number of rotatable bonds is 2. The molecule has 0 amide bonds. The molecule has 0 aliphatic carbocycles. The summed E-state index contributed by atoms with van der Waals surface area (Å²) in [6.07, 6.45) is -0.411. The monoisotopic (exact) mass is 274 g/mol. The van der Waals surface area contributed by atoms with Gasteiger partial charge in [-0.2, -0.15) is 23.5 Å². The molecule has 1 nitrogen and oxygen atoms in total. The van der Waals surface area contributed by atoms with Crippen molar-refractivity contribution in [3.05, 3.63) is 34.9 Å². The molecule has 16 heavy (non-hydrogen) atoms. The van der Waals surface area contributed by atoms with E-state index in [-0.39, 0.29) is 5.25 Å². The number of halogens is 1. The fraction of sp³-hybridized carbons (Fsp3) is 0.500. The molecule has 1 aromatic carbocycles. The zero-order chi connectivity index (χ0) is 11.5. The van der Waals surface area contributed by atoms with Crippen LogP contribution in [0.3, 0.4) is 0 Å². The van der Waals surface area contributed by atoms with Gasteiger partial charge >= 0.3 is 0 Å². The normalized spacial score (nSPS) is 27.7. The van der Waals surface area contributed by atoms with Gasteiger partial charge in [0.05, 0.1) is 6.10 Å². The zero-order valence-corrected chi connectivity index (χ0v) is 11.5.